The van der Waals surface area contributed by atoms with Gasteiger partial charge in [0.25, 0.3) is 0 Å². The lowest BCUT2D eigenvalue weighted by Gasteiger charge is -2.01. The highest BCUT2D eigenvalue weighted by Gasteiger charge is 2.18. The van der Waals surface area contributed by atoms with E-state index in [-0.39, 0.29) is 0 Å². The summed E-state index contributed by atoms with van der Waals surface area (Å²) >= 11 is 0. The Labute approximate surface area is 106 Å². The molecule has 0 aromatic heterocycles. The third kappa shape index (κ3) is 3.45. The van der Waals surface area contributed by atoms with Crippen molar-refractivity contribution >= 4 is 0 Å². The summed E-state index contributed by atoms with van der Waals surface area (Å²) in [5, 5.41) is 0. The molecule has 0 aromatic carbocycles. The molecule has 0 bridgehead atoms. The van der Waals surface area contributed by atoms with Crippen molar-refractivity contribution in [1.29, 1.82) is 0 Å². The van der Waals surface area contributed by atoms with E-state index in [0.717, 1.165) is 5.57 Å². The Bertz CT molecular complexity index is 409. The number of allylic oxidation sites excluding steroid dienone is 10. The van der Waals surface area contributed by atoms with Crippen LogP contribution in [-0.2, 0) is 0 Å². The Morgan fingerprint density at radius 1 is 0.941 bits per heavy atom. The average Bonchev–Trinajstić information content (AvgIpc) is 2.55. The highest BCUT2D eigenvalue weighted by molar-refractivity contribution is 5.68. The molecule has 1 rings (SSSR count). The van der Waals surface area contributed by atoms with Crippen LogP contribution in [0.1, 0.15) is 34.6 Å². The quantitative estimate of drug-likeness (QED) is 0.557. The van der Waals surface area contributed by atoms with Gasteiger partial charge in [-0.2, -0.15) is 0 Å². The van der Waals surface area contributed by atoms with Crippen LogP contribution in [0.5, 0.6) is 0 Å². The van der Waals surface area contributed by atoms with Crippen molar-refractivity contribution < 1.29 is 0 Å². The zero-order valence-electron chi connectivity index (χ0n) is 11.8. The van der Waals surface area contributed by atoms with Gasteiger partial charge >= 0.3 is 0 Å². The molecule has 0 aliphatic heterocycles. The number of rotatable bonds is 3. The Kier molecular flexibility index (Phi) is 6.97. The van der Waals surface area contributed by atoms with Gasteiger partial charge < -0.3 is 0 Å². The summed E-state index contributed by atoms with van der Waals surface area (Å²) in [6, 6.07) is 0. The summed E-state index contributed by atoms with van der Waals surface area (Å²) in [6.07, 6.45) is 9.99. The Morgan fingerprint density at radius 3 is 1.82 bits per heavy atom. The van der Waals surface area contributed by atoms with E-state index in [4.69, 9.17) is 0 Å². The molecule has 0 fully saturated rings. The minimum absolute atomic E-state index is 1.11. The smallest absolute Gasteiger partial charge is 0.0152 e. The first kappa shape index (κ1) is 15.4. The molecule has 0 nitrogen and oxygen atoms in total. The standard InChI is InChI=1S/C15H18.C2H6/c1-6-8-10-15-12(4)11(3)14(9-7-2)13(15)5;1-2/h6-10H,1,5H2,2-4H3;1-2H3/b9-7-,10-8-;. The highest BCUT2D eigenvalue weighted by Crippen LogP contribution is 2.36. The van der Waals surface area contributed by atoms with Gasteiger partial charge in [0.2, 0.25) is 0 Å². The normalized spacial score (nSPS) is 15.9. The van der Waals surface area contributed by atoms with Gasteiger partial charge in [0, 0.05) is 0 Å². The van der Waals surface area contributed by atoms with Gasteiger partial charge in [0.05, 0.1) is 0 Å². The maximum Gasteiger partial charge on any atom is -0.0152 e. The predicted octanol–water partition coefficient (Wildman–Crippen LogP) is 5.53. The van der Waals surface area contributed by atoms with Crippen LogP contribution < -0.4 is 0 Å². The van der Waals surface area contributed by atoms with Gasteiger partial charge in [-0.25, -0.2) is 0 Å². The van der Waals surface area contributed by atoms with Crippen molar-refractivity contribution in [2.24, 2.45) is 0 Å². The van der Waals surface area contributed by atoms with E-state index >= 15 is 0 Å². The molecule has 0 N–H and O–H groups in total. The molecule has 0 heteroatoms. The lowest BCUT2D eigenvalue weighted by Crippen LogP contribution is -1.82. The van der Waals surface area contributed by atoms with E-state index in [2.05, 4.69) is 45.2 Å². The highest BCUT2D eigenvalue weighted by atomic mass is 14.2. The summed E-state index contributed by atoms with van der Waals surface area (Å²) < 4.78 is 0. The van der Waals surface area contributed by atoms with Gasteiger partial charge in [-0.3, -0.25) is 0 Å². The first-order valence-corrected chi connectivity index (χ1v) is 6.17. The second kappa shape index (κ2) is 7.67. The fourth-order valence-corrected chi connectivity index (χ4v) is 1.78. The average molecular weight is 228 g/mol. The second-order valence-electron chi connectivity index (χ2n) is 3.65. The Morgan fingerprint density at radius 2 is 1.41 bits per heavy atom. The Balaban J connectivity index is 0.00000121. The minimum Gasteiger partial charge on any atom is -0.0991 e. The lowest BCUT2D eigenvalue weighted by atomic mass is 10.0. The lowest BCUT2D eigenvalue weighted by molar-refractivity contribution is 1.34. The van der Waals surface area contributed by atoms with Crippen LogP contribution in [0, 0.1) is 0 Å². The fraction of sp³-hybridized carbons (Fsp3) is 0.294. The molecular formula is C17H24. The molecule has 0 heterocycles. The van der Waals surface area contributed by atoms with Crippen molar-refractivity contribution in [1.82, 2.24) is 0 Å². The summed E-state index contributed by atoms with van der Waals surface area (Å²) in [5.41, 5.74) is 6.22. The molecule has 0 radical (unpaired) electrons. The SMILES string of the molecule is C=C/C=C\C1=C(C)C(C)=C(/C=C\C)C1=C.CC. The van der Waals surface area contributed by atoms with E-state index in [1.54, 1.807) is 6.08 Å². The van der Waals surface area contributed by atoms with Crippen molar-refractivity contribution in [2.45, 2.75) is 34.6 Å². The summed E-state index contributed by atoms with van der Waals surface area (Å²) in [6.45, 7) is 18.1. The molecule has 1 aliphatic carbocycles. The molecule has 1 aliphatic rings. The van der Waals surface area contributed by atoms with Crippen molar-refractivity contribution in [3.63, 3.8) is 0 Å². The molecule has 0 amide bonds. The predicted molar refractivity (Wildman–Crippen MR) is 80.0 cm³/mol. The van der Waals surface area contributed by atoms with Gasteiger partial charge in [-0.15, -0.1) is 0 Å². The van der Waals surface area contributed by atoms with E-state index < -0.39 is 0 Å². The minimum atomic E-state index is 1.11. The first-order valence-electron chi connectivity index (χ1n) is 6.17. The largest absolute Gasteiger partial charge is 0.0991 e. The molecule has 17 heavy (non-hydrogen) atoms. The molecule has 0 saturated carbocycles. The van der Waals surface area contributed by atoms with E-state index in [0.29, 0.717) is 0 Å². The first-order chi connectivity index (χ1) is 8.13. The number of hydrogen-bond donors (Lipinski definition) is 0. The van der Waals surface area contributed by atoms with Crippen LogP contribution in [0.15, 0.2) is 71.4 Å². The van der Waals surface area contributed by atoms with E-state index in [1.165, 1.54) is 22.3 Å². The van der Waals surface area contributed by atoms with E-state index in [9.17, 15) is 0 Å². The summed E-state index contributed by atoms with van der Waals surface area (Å²) in [7, 11) is 0. The third-order valence-electron chi connectivity index (χ3n) is 2.75. The van der Waals surface area contributed by atoms with Crippen LogP contribution in [-0.4, -0.2) is 0 Å². The van der Waals surface area contributed by atoms with Crippen molar-refractivity contribution in [3.05, 3.63) is 71.4 Å². The molecule has 92 valence electrons. The molecule has 0 atom stereocenters. The number of hydrogen-bond acceptors (Lipinski definition) is 0. The van der Waals surface area contributed by atoms with Gasteiger partial charge in [-0.1, -0.05) is 57.4 Å². The van der Waals surface area contributed by atoms with Crippen LogP contribution >= 0.6 is 0 Å². The zero-order chi connectivity index (χ0) is 13.4. The molecular weight excluding hydrogens is 204 g/mol. The maximum absolute atomic E-state index is 4.14. The van der Waals surface area contributed by atoms with Crippen molar-refractivity contribution in [2.75, 3.05) is 0 Å². The van der Waals surface area contributed by atoms with Crippen LogP contribution in [0.2, 0.25) is 0 Å². The fourth-order valence-electron chi connectivity index (χ4n) is 1.78. The van der Waals surface area contributed by atoms with Gasteiger partial charge in [0.1, 0.15) is 0 Å². The van der Waals surface area contributed by atoms with Gasteiger partial charge in [0.15, 0.2) is 0 Å². The maximum atomic E-state index is 4.14. The van der Waals surface area contributed by atoms with Crippen LogP contribution in [0.3, 0.4) is 0 Å². The second-order valence-corrected chi connectivity index (χ2v) is 3.65. The molecule has 0 aromatic rings. The van der Waals surface area contributed by atoms with Gasteiger partial charge in [-0.05, 0) is 48.6 Å². The Hall–Kier alpha value is -1.56. The van der Waals surface area contributed by atoms with Crippen LogP contribution in [0.25, 0.3) is 0 Å². The third-order valence-corrected chi connectivity index (χ3v) is 2.75. The zero-order valence-corrected chi connectivity index (χ0v) is 11.8. The van der Waals surface area contributed by atoms with E-state index in [1.807, 2.05) is 26.8 Å². The van der Waals surface area contributed by atoms with Crippen LogP contribution in [0.4, 0.5) is 0 Å². The molecule has 0 unspecified atom stereocenters. The molecule has 0 saturated heterocycles. The molecule has 0 spiro atoms. The summed E-state index contributed by atoms with van der Waals surface area (Å²) in [4.78, 5) is 0. The monoisotopic (exact) mass is 228 g/mol. The summed E-state index contributed by atoms with van der Waals surface area (Å²) in [5.74, 6) is 0. The topological polar surface area (TPSA) is 0 Å². The van der Waals surface area contributed by atoms with Crippen molar-refractivity contribution in [3.8, 4) is 0 Å².